The van der Waals surface area contributed by atoms with Crippen molar-refractivity contribution in [1.29, 1.82) is 0 Å². The van der Waals surface area contributed by atoms with E-state index < -0.39 is 0 Å². The van der Waals surface area contributed by atoms with Crippen LogP contribution in [0, 0.1) is 5.41 Å². The van der Waals surface area contributed by atoms with Gasteiger partial charge in [0.2, 0.25) is 0 Å². The van der Waals surface area contributed by atoms with E-state index in [2.05, 4.69) is 22.9 Å². The lowest BCUT2D eigenvalue weighted by Crippen LogP contribution is -2.11. The van der Waals surface area contributed by atoms with E-state index in [1.807, 2.05) is 6.07 Å². The van der Waals surface area contributed by atoms with Gasteiger partial charge in [-0.05, 0) is 41.3 Å². The highest BCUT2D eigenvalue weighted by Crippen LogP contribution is 2.58. The molecule has 1 aromatic heterocycles. The summed E-state index contributed by atoms with van der Waals surface area (Å²) < 4.78 is 1.62. The molecule has 4 heteroatoms. The Kier molecular flexibility index (Phi) is 2.95. The summed E-state index contributed by atoms with van der Waals surface area (Å²) in [5.41, 5.74) is 0.146. The second kappa shape index (κ2) is 3.78. The molecule has 1 N–H and O–H groups in total. The molecule has 1 saturated carbocycles. The van der Waals surface area contributed by atoms with Crippen LogP contribution in [0.4, 0.5) is 0 Å². The van der Waals surface area contributed by atoms with Crippen LogP contribution >= 0.6 is 38.9 Å². The summed E-state index contributed by atoms with van der Waals surface area (Å²) >= 11 is 10.8. The van der Waals surface area contributed by atoms with Gasteiger partial charge in [-0.3, -0.25) is 0 Å². The molecule has 1 aromatic rings. The Balaban J connectivity index is 2.23. The van der Waals surface area contributed by atoms with Crippen molar-refractivity contribution in [3.05, 3.63) is 19.8 Å². The fourth-order valence-electron chi connectivity index (χ4n) is 1.78. The summed E-state index contributed by atoms with van der Waals surface area (Å²) in [6.07, 6.45) is 2.98. The van der Waals surface area contributed by atoms with Crippen LogP contribution < -0.4 is 0 Å². The van der Waals surface area contributed by atoms with Crippen molar-refractivity contribution in [2.75, 3.05) is 0 Å². The molecule has 0 aromatic carbocycles. The SMILES string of the molecule is CCC1(C(O)c2cc(Br)c(Cl)s2)CC1. The molecule has 0 aliphatic heterocycles. The van der Waals surface area contributed by atoms with E-state index in [-0.39, 0.29) is 11.5 Å². The molecular weight excluding hydrogens is 284 g/mol. The molecule has 14 heavy (non-hydrogen) atoms. The Morgan fingerprint density at radius 2 is 2.36 bits per heavy atom. The minimum atomic E-state index is -0.332. The Hall–Kier alpha value is 0.430. The summed E-state index contributed by atoms with van der Waals surface area (Å²) in [5, 5.41) is 10.2. The van der Waals surface area contributed by atoms with Gasteiger partial charge < -0.3 is 5.11 Å². The summed E-state index contributed by atoms with van der Waals surface area (Å²) in [7, 11) is 0. The van der Waals surface area contributed by atoms with Crippen molar-refractivity contribution >= 4 is 38.9 Å². The van der Waals surface area contributed by atoms with Crippen molar-refractivity contribution < 1.29 is 5.11 Å². The molecule has 0 amide bonds. The van der Waals surface area contributed by atoms with E-state index in [1.54, 1.807) is 0 Å². The zero-order chi connectivity index (χ0) is 10.3. The number of hydrogen-bond acceptors (Lipinski definition) is 2. The van der Waals surface area contributed by atoms with Crippen molar-refractivity contribution in [1.82, 2.24) is 0 Å². The van der Waals surface area contributed by atoms with Gasteiger partial charge in [0.25, 0.3) is 0 Å². The smallest absolute Gasteiger partial charge is 0.107 e. The standard InChI is InChI=1S/C10H12BrClOS/c1-2-10(3-4-10)8(13)7-5-6(11)9(12)14-7/h5,8,13H,2-4H2,1H3. The lowest BCUT2D eigenvalue weighted by Gasteiger charge is -2.18. The van der Waals surface area contributed by atoms with Crippen LogP contribution in [0.3, 0.4) is 0 Å². The molecule has 0 spiro atoms. The molecule has 0 saturated heterocycles. The summed E-state index contributed by atoms with van der Waals surface area (Å²) in [5.74, 6) is 0. The number of rotatable bonds is 3. The van der Waals surface area contributed by atoms with Gasteiger partial charge in [-0.25, -0.2) is 0 Å². The van der Waals surface area contributed by atoms with E-state index in [1.165, 1.54) is 11.3 Å². The fourth-order valence-corrected chi connectivity index (χ4v) is 3.65. The molecule has 1 aliphatic rings. The topological polar surface area (TPSA) is 20.2 Å². The van der Waals surface area contributed by atoms with Crippen molar-refractivity contribution in [3.63, 3.8) is 0 Å². The van der Waals surface area contributed by atoms with Gasteiger partial charge in [0.1, 0.15) is 4.34 Å². The predicted molar refractivity (Wildman–Crippen MR) is 63.9 cm³/mol. The van der Waals surface area contributed by atoms with Crippen LogP contribution in [-0.2, 0) is 0 Å². The first-order valence-corrected chi connectivity index (χ1v) is 6.70. The quantitative estimate of drug-likeness (QED) is 0.877. The first kappa shape index (κ1) is 10.9. The average Bonchev–Trinajstić information content (AvgIpc) is 2.90. The molecule has 1 aliphatic carbocycles. The van der Waals surface area contributed by atoms with E-state index in [0.717, 1.165) is 32.9 Å². The van der Waals surface area contributed by atoms with Gasteiger partial charge in [0, 0.05) is 14.8 Å². The number of thiophene rings is 1. The molecule has 1 atom stereocenters. The predicted octanol–water partition coefficient (Wildman–Crippen LogP) is 4.39. The van der Waals surface area contributed by atoms with Crippen LogP contribution in [-0.4, -0.2) is 5.11 Å². The van der Waals surface area contributed by atoms with E-state index in [9.17, 15) is 5.11 Å². The average molecular weight is 296 g/mol. The van der Waals surface area contributed by atoms with Crippen molar-refractivity contribution in [2.45, 2.75) is 32.3 Å². The number of halogens is 2. The third kappa shape index (κ3) is 1.75. The van der Waals surface area contributed by atoms with Crippen molar-refractivity contribution in [2.24, 2.45) is 5.41 Å². The number of aliphatic hydroxyl groups excluding tert-OH is 1. The molecule has 0 bridgehead atoms. The fraction of sp³-hybridized carbons (Fsp3) is 0.600. The lowest BCUT2D eigenvalue weighted by molar-refractivity contribution is 0.0935. The number of aliphatic hydroxyl groups is 1. The van der Waals surface area contributed by atoms with E-state index in [4.69, 9.17) is 11.6 Å². The lowest BCUT2D eigenvalue weighted by atomic mass is 9.95. The third-order valence-electron chi connectivity index (χ3n) is 3.11. The molecule has 2 rings (SSSR count). The Labute approximate surface area is 101 Å². The normalized spacial score (nSPS) is 20.9. The molecule has 0 radical (unpaired) electrons. The minimum Gasteiger partial charge on any atom is -0.387 e. The van der Waals surface area contributed by atoms with Crippen LogP contribution in [0.25, 0.3) is 0 Å². The first-order valence-electron chi connectivity index (χ1n) is 4.72. The summed E-state index contributed by atoms with van der Waals surface area (Å²) in [6.45, 7) is 2.14. The van der Waals surface area contributed by atoms with Crippen LogP contribution in [0.5, 0.6) is 0 Å². The molecule has 1 fully saturated rings. The maximum Gasteiger partial charge on any atom is 0.107 e. The van der Waals surface area contributed by atoms with Crippen LogP contribution in [0.2, 0.25) is 4.34 Å². The Morgan fingerprint density at radius 1 is 1.71 bits per heavy atom. The van der Waals surface area contributed by atoms with Gasteiger partial charge in [-0.2, -0.15) is 0 Å². The molecule has 78 valence electrons. The zero-order valence-corrected chi connectivity index (χ0v) is 11.0. The summed E-state index contributed by atoms with van der Waals surface area (Å²) in [4.78, 5) is 0.987. The van der Waals surface area contributed by atoms with Gasteiger partial charge in [0.05, 0.1) is 6.10 Å². The second-order valence-corrected chi connectivity index (χ2v) is 6.43. The van der Waals surface area contributed by atoms with Crippen LogP contribution in [0.1, 0.15) is 37.2 Å². The summed E-state index contributed by atoms with van der Waals surface area (Å²) in [6, 6.07) is 1.94. The minimum absolute atomic E-state index is 0.146. The van der Waals surface area contributed by atoms with E-state index >= 15 is 0 Å². The maximum absolute atomic E-state index is 10.2. The largest absolute Gasteiger partial charge is 0.387 e. The highest BCUT2D eigenvalue weighted by molar-refractivity contribution is 9.10. The Morgan fingerprint density at radius 3 is 2.71 bits per heavy atom. The zero-order valence-electron chi connectivity index (χ0n) is 7.89. The van der Waals surface area contributed by atoms with Crippen molar-refractivity contribution in [3.8, 4) is 0 Å². The molecular formula is C10H12BrClOS. The second-order valence-electron chi connectivity index (χ2n) is 3.89. The van der Waals surface area contributed by atoms with Crippen LogP contribution in [0.15, 0.2) is 10.5 Å². The highest BCUT2D eigenvalue weighted by Gasteiger charge is 2.48. The molecule has 1 nitrogen and oxygen atoms in total. The molecule has 1 unspecified atom stereocenters. The van der Waals surface area contributed by atoms with Gasteiger partial charge in [-0.1, -0.05) is 18.5 Å². The highest BCUT2D eigenvalue weighted by atomic mass is 79.9. The Bertz CT molecular complexity index is 326. The number of hydrogen-bond donors (Lipinski definition) is 1. The monoisotopic (exact) mass is 294 g/mol. The maximum atomic E-state index is 10.2. The van der Waals surface area contributed by atoms with Gasteiger partial charge >= 0.3 is 0 Å². The molecule has 1 heterocycles. The van der Waals surface area contributed by atoms with E-state index in [0.29, 0.717) is 0 Å². The first-order chi connectivity index (χ1) is 6.59. The third-order valence-corrected chi connectivity index (χ3v) is 5.64. The van der Waals surface area contributed by atoms with Gasteiger partial charge in [0.15, 0.2) is 0 Å². The van der Waals surface area contributed by atoms with Gasteiger partial charge in [-0.15, -0.1) is 11.3 Å².